The Balaban J connectivity index is 2.19. The first-order chi connectivity index (χ1) is 11.5. The summed E-state index contributed by atoms with van der Waals surface area (Å²) in [5.74, 6) is 0.584. The van der Waals surface area contributed by atoms with Gasteiger partial charge in [-0.25, -0.2) is 0 Å². The fourth-order valence-electron chi connectivity index (χ4n) is 3.90. The maximum absolute atomic E-state index is 12.0. The third kappa shape index (κ3) is 2.39. The SMILES string of the molecule is CCCN1c2ccc(OC)cc2C(C=O)C1c1c(C)nn(C)c1C. The van der Waals surface area contributed by atoms with Crippen molar-refractivity contribution in [3.8, 4) is 5.75 Å². The lowest BCUT2D eigenvalue weighted by Crippen LogP contribution is -2.29. The van der Waals surface area contributed by atoms with E-state index in [0.29, 0.717) is 0 Å². The van der Waals surface area contributed by atoms with E-state index in [1.54, 1.807) is 7.11 Å². The fourth-order valence-corrected chi connectivity index (χ4v) is 3.90. The van der Waals surface area contributed by atoms with Crippen LogP contribution in [0.2, 0.25) is 0 Å². The Kier molecular flexibility index (Phi) is 4.35. The number of methoxy groups -OCH3 is 1. The highest BCUT2D eigenvalue weighted by atomic mass is 16.5. The zero-order valence-corrected chi connectivity index (χ0v) is 15.0. The van der Waals surface area contributed by atoms with Crippen LogP contribution in [-0.2, 0) is 11.8 Å². The number of hydrogen-bond acceptors (Lipinski definition) is 4. The largest absolute Gasteiger partial charge is 0.497 e. The minimum Gasteiger partial charge on any atom is -0.497 e. The van der Waals surface area contributed by atoms with Gasteiger partial charge >= 0.3 is 0 Å². The summed E-state index contributed by atoms with van der Waals surface area (Å²) in [7, 11) is 3.61. The van der Waals surface area contributed by atoms with Crippen LogP contribution in [-0.4, -0.2) is 29.7 Å². The number of ether oxygens (including phenoxy) is 1. The first-order valence-corrected chi connectivity index (χ1v) is 8.43. The Morgan fingerprint density at radius 3 is 2.62 bits per heavy atom. The zero-order valence-electron chi connectivity index (χ0n) is 15.0. The first-order valence-electron chi connectivity index (χ1n) is 8.43. The summed E-state index contributed by atoms with van der Waals surface area (Å²) < 4.78 is 7.27. The molecule has 2 atom stereocenters. The molecule has 3 rings (SSSR count). The third-order valence-corrected chi connectivity index (χ3v) is 5.05. The molecule has 0 N–H and O–H groups in total. The van der Waals surface area contributed by atoms with Crippen molar-refractivity contribution < 1.29 is 9.53 Å². The summed E-state index contributed by atoms with van der Waals surface area (Å²) in [5, 5.41) is 4.56. The van der Waals surface area contributed by atoms with Gasteiger partial charge in [0, 0.05) is 30.5 Å². The van der Waals surface area contributed by atoms with Crippen molar-refractivity contribution in [2.45, 2.75) is 39.2 Å². The van der Waals surface area contributed by atoms with E-state index in [0.717, 1.165) is 47.6 Å². The summed E-state index contributed by atoms with van der Waals surface area (Å²) in [4.78, 5) is 14.4. The van der Waals surface area contributed by atoms with Gasteiger partial charge in [0.25, 0.3) is 0 Å². The molecule has 0 aliphatic carbocycles. The van der Waals surface area contributed by atoms with E-state index in [2.05, 4.69) is 29.9 Å². The lowest BCUT2D eigenvalue weighted by molar-refractivity contribution is -0.109. The summed E-state index contributed by atoms with van der Waals surface area (Å²) in [6.45, 7) is 7.17. The predicted molar refractivity (Wildman–Crippen MR) is 94.9 cm³/mol. The predicted octanol–water partition coefficient (Wildman–Crippen LogP) is 3.30. The summed E-state index contributed by atoms with van der Waals surface area (Å²) in [6.07, 6.45) is 2.09. The Hall–Kier alpha value is -2.30. The summed E-state index contributed by atoms with van der Waals surface area (Å²) in [6, 6.07) is 6.03. The van der Waals surface area contributed by atoms with Crippen molar-refractivity contribution in [3.05, 3.63) is 40.7 Å². The number of fused-ring (bicyclic) bond motifs is 1. The summed E-state index contributed by atoms with van der Waals surface area (Å²) in [5.41, 5.74) is 5.45. The minimum absolute atomic E-state index is 0.00161. The van der Waals surface area contributed by atoms with Crippen LogP contribution in [0.15, 0.2) is 18.2 Å². The molecule has 5 nitrogen and oxygen atoms in total. The molecule has 1 aliphatic rings. The molecule has 0 saturated heterocycles. The Bertz CT molecular complexity index is 766. The van der Waals surface area contributed by atoms with Gasteiger partial charge in [0.05, 0.1) is 24.8 Å². The van der Waals surface area contributed by atoms with Gasteiger partial charge in [0.2, 0.25) is 0 Å². The van der Waals surface area contributed by atoms with Crippen LogP contribution in [0.5, 0.6) is 5.75 Å². The number of rotatable bonds is 5. The smallest absolute Gasteiger partial charge is 0.129 e. The first kappa shape index (κ1) is 16.6. The molecule has 0 fully saturated rings. The average molecular weight is 327 g/mol. The van der Waals surface area contributed by atoms with Crippen molar-refractivity contribution in [1.29, 1.82) is 0 Å². The van der Waals surface area contributed by atoms with E-state index in [-0.39, 0.29) is 12.0 Å². The average Bonchev–Trinajstić information content (AvgIpc) is 3.00. The van der Waals surface area contributed by atoms with Gasteiger partial charge in [-0.05, 0) is 44.0 Å². The van der Waals surface area contributed by atoms with Crippen LogP contribution in [0.1, 0.15) is 47.8 Å². The van der Waals surface area contributed by atoms with E-state index in [1.165, 1.54) is 5.56 Å². The second kappa shape index (κ2) is 6.30. The molecule has 2 heterocycles. The number of hydrogen-bond donors (Lipinski definition) is 0. The van der Waals surface area contributed by atoms with E-state index >= 15 is 0 Å². The summed E-state index contributed by atoms with van der Waals surface area (Å²) >= 11 is 0. The number of benzene rings is 1. The molecule has 24 heavy (non-hydrogen) atoms. The number of aromatic nitrogens is 2. The van der Waals surface area contributed by atoms with Gasteiger partial charge < -0.3 is 14.4 Å². The van der Waals surface area contributed by atoms with Crippen LogP contribution < -0.4 is 9.64 Å². The number of carbonyl (C=O) groups excluding carboxylic acids is 1. The van der Waals surface area contributed by atoms with Crippen LogP contribution in [0.4, 0.5) is 5.69 Å². The lowest BCUT2D eigenvalue weighted by atomic mass is 9.90. The number of nitrogens with zero attached hydrogens (tertiary/aromatic N) is 3. The molecular formula is C19H25N3O2. The number of anilines is 1. The van der Waals surface area contributed by atoms with Crippen molar-refractivity contribution in [3.63, 3.8) is 0 Å². The highest BCUT2D eigenvalue weighted by molar-refractivity contribution is 5.78. The normalized spacial score (nSPS) is 19.5. The molecule has 1 aromatic carbocycles. The molecule has 5 heteroatoms. The second-order valence-electron chi connectivity index (χ2n) is 6.43. The zero-order chi connectivity index (χ0) is 17.4. The van der Waals surface area contributed by atoms with E-state index in [9.17, 15) is 4.79 Å². The molecule has 0 amide bonds. The molecular weight excluding hydrogens is 302 g/mol. The van der Waals surface area contributed by atoms with Crippen molar-refractivity contribution in [2.75, 3.05) is 18.6 Å². The van der Waals surface area contributed by atoms with Gasteiger partial charge in [0.15, 0.2) is 0 Å². The topological polar surface area (TPSA) is 47.4 Å². The Morgan fingerprint density at radius 1 is 1.33 bits per heavy atom. The van der Waals surface area contributed by atoms with Crippen molar-refractivity contribution in [1.82, 2.24) is 9.78 Å². The number of carbonyl (C=O) groups is 1. The highest BCUT2D eigenvalue weighted by Gasteiger charge is 2.41. The quantitative estimate of drug-likeness (QED) is 0.791. The van der Waals surface area contributed by atoms with Crippen molar-refractivity contribution >= 4 is 12.0 Å². The third-order valence-electron chi connectivity index (χ3n) is 5.05. The van der Waals surface area contributed by atoms with Crippen LogP contribution in [0.25, 0.3) is 0 Å². The van der Waals surface area contributed by atoms with Gasteiger partial charge in [0.1, 0.15) is 12.0 Å². The van der Waals surface area contributed by atoms with Gasteiger partial charge in [-0.2, -0.15) is 5.10 Å². The van der Waals surface area contributed by atoms with Crippen LogP contribution in [0, 0.1) is 13.8 Å². The van der Waals surface area contributed by atoms with Gasteiger partial charge in [-0.15, -0.1) is 0 Å². The van der Waals surface area contributed by atoms with Gasteiger partial charge in [-0.1, -0.05) is 6.92 Å². The van der Waals surface area contributed by atoms with E-state index < -0.39 is 0 Å². The minimum atomic E-state index is -0.205. The number of aldehydes is 1. The molecule has 2 unspecified atom stereocenters. The molecule has 1 aromatic heterocycles. The van der Waals surface area contributed by atoms with E-state index in [1.807, 2.05) is 30.8 Å². The lowest BCUT2D eigenvalue weighted by Gasteiger charge is -2.29. The standard InChI is InChI=1S/C19H25N3O2/c1-6-9-22-17-8-7-14(24-5)10-15(17)16(11-23)19(22)18-12(2)20-21(4)13(18)3/h7-8,10-11,16,19H,6,9H2,1-5H3. The molecule has 1 aliphatic heterocycles. The van der Waals surface area contributed by atoms with Crippen LogP contribution >= 0.6 is 0 Å². The monoisotopic (exact) mass is 327 g/mol. The molecule has 128 valence electrons. The maximum atomic E-state index is 12.0. The molecule has 0 saturated carbocycles. The van der Waals surface area contributed by atoms with E-state index in [4.69, 9.17) is 4.74 Å². The van der Waals surface area contributed by atoms with Crippen LogP contribution in [0.3, 0.4) is 0 Å². The maximum Gasteiger partial charge on any atom is 0.129 e. The Labute approximate surface area is 143 Å². The van der Waals surface area contributed by atoms with Gasteiger partial charge in [-0.3, -0.25) is 4.68 Å². The molecule has 0 bridgehead atoms. The Morgan fingerprint density at radius 2 is 2.08 bits per heavy atom. The molecule has 0 spiro atoms. The number of aryl methyl sites for hydroxylation is 2. The molecule has 2 aromatic rings. The second-order valence-corrected chi connectivity index (χ2v) is 6.43. The van der Waals surface area contributed by atoms with Crippen molar-refractivity contribution in [2.24, 2.45) is 7.05 Å². The fraction of sp³-hybridized carbons (Fsp3) is 0.474. The highest BCUT2D eigenvalue weighted by Crippen LogP contribution is 2.50. The molecule has 0 radical (unpaired) electrons.